The van der Waals surface area contributed by atoms with Crippen LogP contribution in [0.2, 0.25) is 0 Å². The first kappa shape index (κ1) is 21.6. The number of hydrogen-bond acceptors (Lipinski definition) is 7. The number of nitrogens with zero attached hydrogens (tertiary/aromatic N) is 3. The highest BCUT2D eigenvalue weighted by molar-refractivity contribution is 7.15. The van der Waals surface area contributed by atoms with Gasteiger partial charge in [0.15, 0.2) is 0 Å². The van der Waals surface area contributed by atoms with Crippen molar-refractivity contribution in [3.8, 4) is 5.75 Å². The number of fused-ring (bicyclic) bond motifs is 1. The maximum atomic E-state index is 12.4. The fraction of sp³-hybridized carbons (Fsp3) is 0.261. The summed E-state index contributed by atoms with van der Waals surface area (Å²) in [6.45, 7) is 2.67. The molecule has 1 N–H and O–H groups in total. The van der Waals surface area contributed by atoms with E-state index in [0.717, 1.165) is 11.3 Å². The molecule has 3 amide bonds. The summed E-state index contributed by atoms with van der Waals surface area (Å²) in [4.78, 5) is 38.2. The van der Waals surface area contributed by atoms with Gasteiger partial charge >= 0.3 is 0 Å². The van der Waals surface area contributed by atoms with E-state index in [0.29, 0.717) is 47.1 Å². The number of carbonyl (C=O) groups excluding carboxylic acids is 3. The monoisotopic (exact) mass is 450 g/mol. The minimum Gasteiger partial charge on any atom is -0.494 e. The van der Waals surface area contributed by atoms with E-state index in [4.69, 9.17) is 4.74 Å². The lowest BCUT2D eigenvalue weighted by molar-refractivity contribution is -0.116. The largest absolute Gasteiger partial charge is 0.494 e. The number of anilines is 1. The molecule has 2 aromatic carbocycles. The summed E-state index contributed by atoms with van der Waals surface area (Å²) >= 11 is 1.23. The summed E-state index contributed by atoms with van der Waals surface area (Å²) in [5, 5.41) is 11.8. The summed E-state index contributed by atoms with van der Waals surface area (Å²) < 4.78 is 5.62. The average molecular weight is 451 g/mol. The third-order valence-corrected chi connectivity index (χ3v) is 5.88. The first-order chi connectivity index (χ1) is 15.5. The van der Waals surface area contributed by atoms with Crippen LogP contribution in [0.1, 0.15) is 44.1 Å². The number of ether oxygens (including phenoxy) is 1. The molecule has 8 nitrogen and oxygen atoms in total. The molecule has 0 fully saturated rings. The molecule has 4 rings (SSSR count). The lowest BCUT2D eigenvalue weighted by Crippen LogP contribution is -2.31. The summed E-state index contributed by atoms with van der Waals surface area (Å²) in [6, 6.07) is 14.5. The molecule has 0 atom stereocenters. The minimum absolute atomic E-state index is 0.166. The van der Waals surface area contributed by atoms with Crippen LogP contribution in [0.4, 0.5) is 5.13 Å². The second-order valence-corrected chi connectivity index (χ2v) is 8.43. The van der Waals surface area contributed by atoms with Crippen LogP contribution in [0.5, 0.6) is 5.75 Å². The predicted octanol–water partition coefficient (Wildman–Crippen LogP) is 3.48. The number of hydrogen-bond donors (Lipinski definition) is 1. The Morgan fingerprint density at radius 3 is 2.41 bits per heavy atom. The van der Waals surface area contributed by atoms with Gasteiger partial charge in [0.1, 0.15) is 10.8 Å². The van der Waals surface area contributed by atoms with Gasteiger partial charge in [0.25, 0.3) is 11.8 Å². The summed E-state index contributed by atoms with van der Waals surface area (Å²) in [5.74, 6) is 0.0244. The third kappa shape index (κ3) is 5.00. The Morgan fingerprint density at radius 2 is 1.72 bits per heavy atom. The molecular weight excluding hydrogens is 428 g/mol. The van der Waals surface area contributed by atoms with Crippen LogP contribution in [-0.4, -0.2) is 46.0 Å². The van der Waals surface area contributed by atoms with E-state index in [1.807, 2.05) is 31.2 Å². The molecule has 0 radical (unpaired) electrons. The quantitative estimate of drug-likeness (QED) is 0.396. The Morgan fingerprint density at radius 1 is 1.03 bits per heavy atom. The van der Waals surface area contributed by atoms with Crippen LogP contribution in [0.3, 0.4) is 0 Å². The number of amides is 3. The van der Waals surface area contributed by atoms with Crippen molar-refractivity contribution >= 4 is 34.2 Å². The van der Waals surface area contributed by atoms with Crippen molar-refractivity contribution in [3.63, 3.8) is 0 Å². The van der Waals surface area contributed by atoms with Crippen LogP contribution < -0.4 is 10.1 Å². The van der Waals surface area contributed by atoms with Gasteiger partial charge in [-0.3, -0.25) is 19.3 Å². The standard InChI is InChI=1S/C23H22N4O4S/c1-15-8-10-16(11-9-15)31-14-4-7-19(28)24-23-26-25-20(32-23)12-13-27-21(29)17-5-2-3-6-18(17)22(27)30/h2-3,5-6,8-11H,4,7,12-14H2,1H3,(H,24,26,28). The number of nitrogens with one attached hydrogen (secondary N) is 1. The van der Waals surface area contributed by atoms with E-state index in [-0.39, 0.29) is 24.3 Å². The Labute approximate surface area is 189 Å². The lowest BCUT2D eigenvalue weighted by Gasteiger charge is -2.12. The molecule has 0 bridgehead atoms. The Kier molecular flexibility index (Phi) is 6.55. The van der Waals surface area contributed by atoms with Gasteiger partial charge in [-0.2, -0.15) is 0 Å². The van der Waals surface area contributed by atoms with E-state index in [1.165, 1.54) is 16.2 Å². The Balaban J connectivity index is 1.20. The topological polar surface area (TPSA) is 101 Å². The van der Waals surface area contributed by atoms with Crippen LogP contribution in [0, 0.1) is 6.92 Å². The second kappa shape index (κ2) is 9.69. The molecule has 164 valence electrons. The molecule has 2 heterocycles. The Bertz CT molecular complexity index is 1110. The van der Waals surface area contributed by atoms with Crippen molar-refractivity contribution in [1.29, 1.82) is 0 Å². The van der Waals surface area contributed by atoms with Gasteiger partial charge in [0.05, 0.1) is 17.7 Å². The molecule has 0 unspecified atom stereocenters. The van der Waals surface area contributed by atoms with Crippen LogP contribution in [-0.2, 0) is 11.2 Å². The first-order valence-electron chi connectivity index (χ1n) is 10.3. The maximum Gasteiger partial charge on any atom is 0.261 e. The van der Waals surface area contributed by atoms with Gasteiger partial charge in [-0.05, 0) is 37.6 Å². The molecule has 9 heteroatoms. The molecule has 0 saturated carbocycles. The van der Waals surface area contributed by atoms with Crippen molar-refractivity contribution in [3.05, 3.63) is 70.2 Å². The van der Waals surface area contributed by atoms with Crippen molar-refractivity contribution < 1.29 is 19.1 Å². The van der Waals surface area contributed by atoms with Crippen LogP contribution in [0.25, 0.3) is 0 Å². The number of rotatable bonds is 9. The number of aryl methyl sites for hydroxylation is 1. The lowest BCUT2D eigenvalue weighted by atomic mass is 10.1. The van der Waals surface area contributed by atoms with Gasteiger partial charge in [-0.25, -0.2) is 0 Å². The molecule has 32 heavy (non-hydrogen) atoms. The molecule has 3 aromatic rings. The number of aromatic nitrogens is 2. The van der Waals surface area contributed by atoms with Crippen molar-refractivity contribution in [2.45, 2.75) is 26.2 Å². The third-order valence-electron chi connectivity index (χ3n) is 4.98. The Hall–Kier alpha value is -3.59. The van der Waals surface area contributed by atoms with E-state index >= 15 is 0 Å². The predicted molar refractivity (Wildman–Crippen MR) is 120 cm³/mol. The molecule has 1 aliphatic heterocycles. The van der Waals surface area contributed by atoms with Gasteiger partial charge in [-0.15, -0.1) is 10.2 Å². The second-order valence-electron chi connectivity index (χ2n) is 7.37. The van der Waals surface area contributed by atoms with Gasteiger partial charge in [-0.1, -0.05) is 41.2 Å². The van der Waals surface area contributed by atoms with Crippen LogP contribution in [0.15, 0.2) is 48.5 Å². The SMILES string of the molecule is Cc1ccc(OCCCC(=O)Nc2nnc(CCN3C(=O)c4ccccc4C3=O)s2)cc1. The zero-order valence-electron chi connectivity index (χ0n) is 17.5. The molecular formula is C23H22N4O4S. The smallest absolute Gasteiger partial charge is 0.261 e. The average Bonchev–Trinajstić information content (AvgIpc) is 3.33. The van der Waals surface area contributed by atoms with Crippen molar-refractivity contribution in [1.82, 2.24) is 15.1 Å². The fourth-order valence-corrected chi connectivity index (χ4v) is 4.04. The molecule has 0 saturated heterocycles. The zero-order chi connectivity index (χ0) is 22.5. The number of carbonyl (C=O) groups is 3. The highest BCUT2D eigenvalue weighted by atomic mass is 32.1. The van der Waals surface area contributed by atoms with Gasteiger partial charge in [0, 0.05) is 19.4 Å². The van der Waals surface area contributed by atoms with E-state index in [1.54, 1.807) is 24.3 Å². The normalized spacial score (nSPS) is 12.7. The first-order valence-corrected chi connectivity index (χ1v) is 11.1. The summed E-state index contributed by atoms with van der Waals surface area (Å²) in [5.41, 5.74) is 2.01. The highest BCUT2D eigenvalue weighted by Gasteiger charge is 2.34. The summed E-state index contributed by atoms with van der Waals surface area (Å²) in [7, 11) is 0. The molecule has 0 aliphatic carbocycles. The molecule has 1 aromatic heterocycles. The highest BCUT2D eigenvalue weighted by Crippen LogP contribution is 2.23. The van der Waals surface area contributed by atoms with E-state index in [2.05, 4.69) is 15.5 Å². The van der Waals surface area contributed by atoms with Gasteiger partial charge < -0.3 is 10.1 Å². The summed E-state index contributed by atoms with van der Waals surface area (Å²) in [6.07, 6.45) is 1.25. The molecule has 0 spiro atoms. The van der Waals surface area contributed by atoms with Gasteiger partial charge in [0.2, 0.25) is 11.0 Å². The zero-order valence-corrected chi connectivity index (χ0v) is 18.4. The minimum atomic E-state index is -0.295. The number of benzene rings is 2. The van der Waals surface area contributed by atoms with Crippen molar-refractivity contribution in [2.75, 3.05) is 18.5 Å². The van der Waals surface area contributed by atoms with E-state index in [9.17, 15) is 14.4 Å². The van der Waals surface area contributed by atoms with E-state index < -0.39 is 0 Å². The fourth-order valence-electron chi connectivity index (χ4n) is 3.29. The number of imide groups is 1. The van der Waals surface area contributed by atoms with Crippen LogP contribution >= 0.6 is 11.3 Å². The maximum absolute atomic E-state index is 12.4. The van der Waals surface area contributed by atoms with Crippen molar-refractivity contribution in [2.24, 2.45) is 0 Å². The molecule has 1 aliphatic rings.